The van der Waals surface area contributed by atoms with Crippen LogP contribution in [0.15, 0.2) is 35.4 Å². The lowest BCUT2D eigenvalue weighted by Gasteiger charge is -2.39. The maximum absolute atomic E-state index is 12.6. The van der Waals surface area contributed by atoms with Gasteiger partial charge in [-0.3, -0.25) is 4.79 Å². The number of aryl methyl sites for hydroxylation is 1. The topological polar surface area (TPSA) is 33.2 Å². The molecule has 2 heterocycles. The largest absolute Gasteiger partial charge is 0.337 e. The van der Waals surface area contributed by atoms with Crippen molar-refractivity contribution in [3.05, 3.63) is 35.9 Å². The van der Waals surface area contributed by atoms with Crippen LogP contribution < -0.4 is 0 Å². The first-order chi connectivity index (χ1) is 11.1. The zero-order valence-electron chi connectivity index (χ0n) is 14.1. The molecule has 1 aromatic heterocycles. The quantitative estimate of drug-likeness (QED) is 0.782. The summed E-state index contributed by atoms with van der Waals surface area (Å²) in [5.74, 6) is 0.713. The summed E-state index contributed by atoms with van der Waals surface area (Å²) in [4.78, 5) is 19.4. The fourth-order valence-electron chi connectivity index (χ4n) is 3.47. The van der Waals surface area contributed by atoms with E-state index in [4.69, 9.17) is 4.98 Å². The summed E-state index contributed by atoms with van der Waals surface area (Å²) >= 11 is 1.57. The molecular formula is C19H24N2OS. The van der Waals surface area contributed by atoms with Crippen LogP contribution in [0.25, 0.3) is 10.9 Å². The number of hydrogen-bond acceptors (Lipinski definition) is 3. The van der Waals surface area contributed by atoms with E-state index in [0.717, 1.165) is 34.3 Å². The van der Waals surface area contributed by atoms with E-state index in [2.05, 4.69) is 37.8 Å². The fourth-order valence-corrected chi connectivity index (χ4v) is 4.33. The lowest BCUT2D eigenvalue weighted by Crippen LogP contribution is -2.48. The van der Waals surface area contributed by atoms with Crippen LogP contribution in [0.1, 0.15) is 38.7 Å². The SMILES string of the molecule is Cc1cc2ccccc2nc1SCC(=O)N1[C@@H](C)CCC[C@@H]1C. The van der Waals surface area contributed by atoms with Crippen LogP contribution in [-0.2, 0) is 4.79 Å². The maximum atomic E-state index is 12.6. The summed E-state index contributed by atoms with van der Waals surface area (Å²) in [6, 6.07) is 11.0. The third kappa shape index (κ3) is 3.52. The second-order valence-electron chi connectivity index (χ2n) is 6.52. The predicted octanol–water partition coefficient (Wildman–Crippen LogP) is 4.42. The number of aromatic nitrogens is 1. The van der Waals surface area contributed by atoms with E-state index in [1.807, 2.05) is 18.2 Å². The number of amides is 1. The van der Waals surface area contributed by atoms with E-state index in [-0.39, 0.29) is 5.91 Å². The number of carbonyl (C=O) groups is 1. The fraction of sp³-hybridized carbons (Fsp3) is 0.474. The molecule has 23 heavy (non-hydrogen) atoms. The third-order valence-electron chi connectivity index (χ3n) is 4.68. The number of rotatable bonds is 3. The van der Waals surface area contributed by atoms with Gasteiger partial charge in [0.2, 0.25) is 5.91 Å². The zero-order chi connectivity index (χ0) is 16.4. The number of fused-ring (bicyclic) bond motifs is 1. The van der Waals surface area contributed by atoms with E-state index in [1.165, 1.54) is 6.42 Å². The lowest BCUT2D eigenvalue weighted by atomic mass is 9.98. The second kappa shape index (κ2) is 6.91. The summed E-state index contributed by atoms with van der Waals surface area (Å²) in [5.41, 5.74) is 2.13. The number of thioether (sulfide) groups is 1. The highest BCUT2D eigenvalue weighted by atomic mass is 32.2. The third-order valence-corrected chi connectivity index (χ3v) is 5.76. The van der Waals surface area contributed by atoms with Crippen LogP contribution in [0, 0.1) is 6.92 Å². The van der Waals surface area contributed by atoms with Gasteiger partial charge in [0.1, 0.15) is 5.03 Å². The first kappa shape index (κ1) is 16.3. The molecule has 1 amide bonds. The summed E-state index contributed by atoms with van der Waals surface area (Å²) in [6.45, 7) is 6.40. The van der Waals surface area contributed by atoms with Gasteiger partial charge in [-0.15, -0.1) is 0 Å². The normalized spacial score (nSPS) is 21.6. The van der Waals surface area contributed by atoms with Gasteiger partial charge in [0, 0.05) is 17.5 Å². The Morgan fingerprint density at radius 1 is 1.26 bits per heavy atom. The summed E-state index contributed by atoms with van der Waals surface area (Å²) < 4.78 is 0. The minimum atomic E-state index is 0.240. The molecule has 1 aliphatic heterocycles. The summed E-state index contributed by atoms with van der Waals surface area (Å²) in [5, 5.41) is 2.12. The molecule has 0 unspecified atom stereocenters. The molecule has 1 saturated heterocycles. The average Bonchev–Trinajstić information content (AvgIpc) is 2.52. The number of benzene rings is 1. The first-order valence-corrected chi connectivity index (χ1v) is 9.35. The number of nitrogens with zero attached hydrogens (tertiary/aromatic N) is 2. The molecular weight excluding hydrogens is 304 g/mol. The number of likely N-dealkylation sites (tertiary alicyclic amines) is 1. The van der Waals surface area contributed by atoms with E-state index in [9.17, 15) is 4.79 Å². The van der Waals surface area contributed by atoms with Crippen molar-refractivity contribution >= 4 is 28.6 Å². The minimum absolute atomic E-state index is 0.240. The Balaban J connectivity index is 1.72. The number of piperidine rings is 1. The minimum Gasteiger partial charge on any atom is -0.337 e. The second-order valence-corrected chi connectivity index (χ2v) is 7.49. The molecule has 3 nitrogen and oxygen atoms in total. The van der Waals surface area contributed by atoms with Crippen molar-refractivity contribution < 1.29 is 4.79 Å². The molecule has 4 heteroatoms. The average molecular weight is 328 g/mol. The van der Waals surface area contributed by atoms with Gasteiger partial charge in [-0.2, -0.15) is 0 Å². The molecule has 0 radical (unpaired) electrons. The van der Waals surface area contributed by atoms with Gasteiger partial charge in [-0.25, -0.2) is 4.98 Å². The van der Waals surface area contributed by atoms with Crippen LogP contribution in [0.2, 0.25) is 0 Å². The van der Waals surface area contributed by atoms with Gasteiger partial charge in [-0.1, -0.05) is 30.0 Å². The van der Waals surface area contributed by atoms with Crippen molar-refractivity contribution in [3.8, 4) is 0 Å². The zero-order valence-corrected chi connectivity index (χ0v) is 14.9. The Kier molecular flexibility index (Phi) is 4.90. The van der Waals surface area contributed by atoms with Gasteiger partial charge >= 0.3 is 0 Å². The van der Waals surface area contributed by atoms with Gasteiger partial charge in [0.15, 0.2) is 0 Å². The van der Waals surface area contributed by atoms with E-state index in [1.54, 1.807) is 11.8 Å². The molecule has 122 valence electrons. The van der Waals surface area contributed by atoms with Crippen LogP contribution in [0.3, 0.4) is 0 Å². The Bertz CT molecular complexity index is 706. The molecule has 0 aliphatic carbocycles. The molecule has 0 saturated carbocycles. The van der Waals surface area contributed by atoms with Crippen molar-refractivity contribution in [2.75, 3.05) is 5.75 Å². The Labute approximate surface area is 142 Å². The molecule has 0 spiro atoms. The number of carbonyl (C=O) groups excluding carboxylic acids is 1. The Morgan fingerprint density at radius 3 is 2.70 bits per heavy atom. The highest BCUT2D eigenvalue weighted by Crippen LogP contribution is 2.27. The summed E-state index contributed by atoms with van der Waals surface area (Å²) in [6.07, 6.45) is 3.46. The van der Waals surface area contributed by atoms with Crippen LogP contribution >= 0.6 is 11.8 Å². The molecule has 1 aromatic carbocycles. The van der Waals surface area contributed by atoms with Gasteiger partial charge < -0.3 is 4.90 Å². The molecule has 0 N–H and O–H groups in total. The van der Waals surface area contributed by atoms with E-state index < -0.39 is 0 Å². The van der Waals surface area contributed by atoms with Crippen LogP contribution in [-0.4, -0.2) is 33.6 Å². The predicted molar refractivity (Wildman–Crippen MR) is 96.8 cm³/mol. The highest BCUT2D eigenvalue weighted by Gasteiger charge is 2.28. The van der Waals surface area contributed by atoms with Crippen molar-refractivity contribution in [3.63, 3.8) is 0 Å². The molecule has 2 aromatic rings. The van der Waals surface area contributed by atoms with Crippen LogP contribution in [0.4, 0.5) is 0 Å². The molecule has 0 bridgehead atoms. The number of pyridine rings is 1. The standard InChI is InChI=1S/C19H24N2OS/c1-13-11-16-9-4-5-10-17(16)20-19(13)23-12-18(22)21-14(2)7-6-8-15(21)3/h4-5,9-11,14-15H,6-8,12H2,1-3H3/t14-,15-/m0/s1. The van der Waals surface area contributed by atoms with Crippen molar-refractivity contribution in [1.29, 1.82) is 0 Å². The first-order valence-electron chi connectivity index (χ1n) is 8.36. The molecule has 1 fully saturated rings. The number of para-hydroxylation sites is 1. The smallest absolute Gasteiger partial charge is 0.233 e. The van der Waals surface area contributed by atoms with Crippen molar-refractivity contribution in [1.82, 2.24) is 9.88 Å². The number of hydrogen-bond donors (Lipinski definition) is 0. The monoisotopic (exact) mass is 328 g/mol. The van der Waals surface area contributed by atoms with Crippen molar-refractivity contribution in [2.45, 2.75) is 57.1 Å². The van der Waals surface area contributed by atoms with Crippen molar-refractivity contribution in [2.24, 2.45) is 0 Å². The molecule has 1 aliphatic rings. The highest BCUT2D eigenvalue weighted by molar-refractivity contribution is 7.99. The van der Waals surface area contributed by atoms with Gasteiger partial charge in [0.05, 0.1) is 11.3 Å². The van der Waals surface area contributed by atoms with Crippen LogP contribution in [0.5, 0.6) is 0 Å². The van der Waals surface area contributed by atoms with Gasteiger partial charge in [-0.05, 0) is 57.7 Å². The molecule has 3 rings (SSSR count). The lowest BCUT2D eigenvalue weighted by molar-refractivity contribution is -0.134. The Hall–Kier alpha value is -1.55. The maximum Gasteiger partial charge on any atom is 0.233 e. The summed E-state index contributed by atoms with van der Waals surface area (Å²) in [7, 11) is 0. The molecule has 2 atom stereocenters. The van der Waals surface area contributed by atoms with E-state index in [0.29, 0.717) is 17.8 Å². The van der Waals surface area contributed by atoms with Gasteiger partial charge in [0.25, 0.3) is 0 Å². The Morgan fingerprint density at radius 2 is 1.96 bits per heavy atom. The van der Waals surface area contributed by atoms with E-state index >= 15 is 0 Å².